The molecule has 0 bridgehead atoms. The topological polar surface area (TPSA) is 70.6 Å². The zero-order valence-corrected chi connectivity index (χ0v) is 12.4. The molecule has 5 heteroatoms. The van der Waals surface area contributed by atoms with Gasteiger partial charge in [-0.05, 0) is 38.3 Å². The first-order chi connectivity index (χ1) is 9.56. The third-order valence-corrected chi connectivity index (χ3v) is 3.06. The van der Waals surface area contributed by atoms with Gasteiger partial charge in [0.2, 0.25) is 0 Å². The first kappa shape index (κ1) is 16.3. The summed E-state index contributed by atoms with van der Waals surface area (Å²) in [6.07, 6.45) is 1.27. The number of carbonyl (C=O) groups excluding carboxylic acids is 1. The number of aryl methyl sites for hydroxylation is 1. The van der Waals surface area contributed by atoms with Crippen LogP contribution >= 0.6 is 0 Å². The Labute approximate surface area is 120 Å². The van der Waals surface area contributed by atoms with Gasteiger partial charge >= 0.3 is 6.03 Å². The molecule has 0 saturated carbocycles. The molecular formula is C15H24N2O3. The first-order valence-corrected chi connectivity index (χ1v) is 6.85. The van der Waals surface area contributed by atoms with Crippen molar-refractivity contribution in [1.29, 1.82) is 0 Å². The molecule has 0 heterocycles. The second-order valence-corrected chi connectivity index (χ2v) is 4.88. The van der Waals surface area contributed by atoms with Crippen LogP contribution in [-0.4, -0.2) is 37.4 Å². The molecule has 0 fully saturated rings. The Morgan fingerprint density at radius 2 is 2.20 bits per heavy atom. The van der Waals surface area contributed by atoms with Crippen LogP contribution in [0.5, 0.6) is 5.75 Å². The van der Waals surface area contributed by atoms with Crippen molar-refractivity contribution in [2.24, 2.45) is 0 Å². The Hall–Kier alpha value is -1.75. The molecule has 0 saturated heterocycles. The molecule has 2 amide bonds. The average molecular weight is 280 g/mol. The lowest BCUT2D eigenvalue weighted by Crippen LogP contribution is -2.41. The van der Waals surface area contributed by atoms with Gasteiger partial charge in [0.1, 0.15) is 5.75 Å². The Kier molecular flexibility index (Phi) is 6.87. The SMILES string of the molecule is COc1ccc(C)cc1CCNC(=O)N[C@H](C)CCO. The molecule has 0 unspecified atom stereocenters. The molecule has 1 aromatic rings. The summed E-state index contributed by atoms with van der Waals surface area (Å²) in [5.74, 6) is 0.839. The van der Waals surface area contributed by atoms with E-state index in [1.165, 1.54) is 5.56 Å². The highest BCUT2D eigenvalue weighted by atomic mass is 16.5. The molecular weight excluding hydrogens is 256 g/mol. The molecule has 1 rings (SSSR count). The maximum absolute atomic E-state index is 11.6. The smallest absolute Gasteiger partial charge is 0.315 e. The van der Waals surface area contributed by atoms with E-state index in [9.17, 15) is 4.79 Å². The maximum Gasteiger partial charge on any atom is 0.315 e. The molecule has 1 atom stereocenters. The van der Waals surface area contributed by atoms with Gasteiger partial charge < -0.3 is 20.5 Å². The lowest BCUT2D eigenvalue weighted by Gasteiger charge is -2.14. The number of hydrogen-bond acceptors (Lipinski definition) is 3. The Bertz CT molecular complexity index is 435. The number of aliphatic hydroxyl groups is 1. The zero-order chi connectivity index (χ0) is 15.0. The highest BCUT2D eigenvalue weighted by Crippen LogP contribution is 2.19. The van der Waals surface area contributed by atoms with E-state index < -0.39 is 0 Å². The van der Waals surface area contributed by atoms with Crippen molar-refractivity contribution in [1.82, 2.24) is 10.6 Å². The molecule has 0 aliphatic carbocycles. The lowest BCUT2D eigenvalue weighted by molar-refractivity contribution is 0.231. The zero-order valence-electron chi connectivity index (χ0n) is 12.4. The van der Waals surface area contributed by atoms with Gasteiger partial charge in [-0.15, -0.1) is 0 Å². The quantitative estimate of drug-likeness (QED) is 0.710. The van der Waals surface area contributed by atoms with Crippen LogP contribution in [-0.2, 0) is 6.42 Å². The van der Waals surface area contributed by atoms with Gasteiger partial charge in [0.25, 0.3) is 0 Å². The summed E-state index contributed by atoms with van der Waals surface area (Å²) in [7, 11) is 1.64. The number of benzene rings is 1. The molecule has 0 aromatic heterocycles. The van der Waals surface area contributed by atoms with Crippen LogP contribution in [0.4, 0.5) is 4.79 Å². The fourth-order valence-electron chi connectivity index (χ4n) is 1.95. The van der Waals surface area contributed by atoms with Crippen LogP contribution < -0.4 is 15.4 Å². The van der Waals surface area contributed by atoms with Crippen LogP contribution in [0.3, 0.4) is 0 Å². The molecule has 1 aromatic carbocycles. The molecule has 5 nitrogen and oxygen atoms in total. The van der Waals surface area contributed by atoms with Crippen molar-refractivity contribution in [3.8, 4) is 5.75 Å². The summed E-state index contributed by atoms with van der Waals surface area (Å²) in [4.78, 5) is 11.6. The van der Waals surface area contributed by atoms with Gasteiger partial charge in [-0.1, -0.05) is 17.7 Å². The second kappa shape index (κ2) is 8.43. The summed E-state index contributed by atoms with van der Waals surface area (Å²) >= 11 is 0. The molecule has 0 radical (unpaired) electrons. The van der Waals surface area contributed by atoms with Crippen molar-refractivity contribution in [3.63, 3.8) is 0 Å². The van der Waals surface area contributed by atoms with E-state index in [4.69, 9.17) is 9.84 Å². The van der Waals surface area contributed by atoms with Gasteiger partial charge in [-0.25, -0.2) is 4.79 Å². The predicted molar refractivity (Wildman–Crippen MR) is 79.1 cm³/mol. The normalized spacial score (nSPS) is 11.8. The number of aliphatic hydroxyl groups excluding tert-OH is 1. The number of hydrogen-bond donors (Lipinski definition) is 3. The Morgan fingerprint density at radius 1 is 1.45 bits per heavy atom. The van der Waals surface area contributed by atoms with Gasteiger partial charge in [0, 0.05) is 19.2 Å². The standard InChI is InChI=1S/C15H24N2O3/c1-11-4-5-14(20-3)13(10-11)6-8-16-15(19)17-12(2)7-9-18/h4-5,10,12,18H,6-9H2,1-3H3,(H2,16,17,19)/t12-/m1/s1. The van der Waals surface area contributed by atoms with Crippen LogP contribution in [0, 0.1) is 6.92 Å². The summed E-state index contributed by atoms with van der Waals surface area (Å²) in [6.45, 7) is 4.50. The average Bonchev–Trinajstić information content (AvgIpc) is 2.39. The lowest BCUT2D eigenvalue weighted by atomic mass is 10.1. The minimum Gasteiger partial charge on any atom is -0.496 e. The summed E-state index contributed by atoms with van der Waals surface area (Å²) in [5.41, 5.74) is 2.25. The number of rotatable bonds is 7. The van der Waals surface area contributed by atoms with E-state index in [1.54, 1.807) is 7.11 Å². The number of methoxy groups -OCH3 is 1. The van der Waals surface area contributed by atoms with E-state index >= 15 is 0 Å². The highest BCUT2D eigenvalue weighted by Gasteiger charge is 2.07. The Morgan fingerprint density at radius 3 is 2.85 bits per heavy atom. The number of amides is 2. The number of nitrogens with one attached hydrogen (secondary N) is 2. The molecule has 112 valence electrons. The fraction of sp³-hybridized carbons (Fsp3) is 0.533. The second-order valence-electron chi connectivity index (χ2n) is 4.88. The highest BCUT2D eigenvalue weighted by molar-refractivity contribution is 5.74. The number of carbonyl (C=O) groups is 1. The molecule has 20 heavy (non-hydrogen) atoms. The van der Waals surface area contributed by atoms with Gasteiger partial charge in [0.05, 0.1) is 7.11 Å². The monoisotopic (exact) mass is 280 g/mol. The predicted octanol–water partition coefficient (Wildman–Crippen LogP) is 1.62. The van der Waals surface area contributed by atoms with Crippen LogP contribution in [0.1, 0.15) is 24.5 Å². The van der Waals surface area contributed by atoms with E-state index in [2.05, 4.69) is 16.7 Å². The molecule has 0 aliphatic heterocycles. The van der Waals surface area contributed by atoms with Crippen molar-refractivity contribution in [2.75, 3.05) is 20.3 Å². The van der Waals surface area contributed by atoms with E-state index in [-0.39, 0.29) is 18.7 Å². The third-order valence-electron chi connectivity index (χ3n) is 3.06. The number of ether oxygens (including phenoxy) is 1. The van der Waals surface area contributed by atoms with Crippen molar-refractivity contribution in [2.45, 2.75) is 32.7 Å². The summed E-state index contributed by atoms with van der Waals surface area (Å²) in [5, 5.41) is 14.3. The van der Waals surface area contributed by atoms with E-state index in [0.29, 0.717) is 19.4 Å². The van der Waals surface area contributed by atoms with Crippen molar-refractivity contribution >= 4 is 6.03 Å². The molecule has 0 spiro atoms. The summed E-state index contributed by atoms with van der Waals surface area (Å²) < 4.78 is 5.30. The van der Waals surface area contributed by atoms with Crippen molar-refractivity contribution < 1.29 is 14.6 Å². The maximum atomic E-state index is 11.6. The van der Waals surface area contributed by atoms with Gasteiger partial charge in [-0.2, -0.15) is 0 Å². The minimum absolute atomic E-state index is 0.0338. The largest absolute Gasteiger partial charge is 0.496 e. The molecule has 3 N–H and O–H groups in total. The van der Waals surface area contributed by atoms with E-state index in [1.807, 2.05) is 26.0 Å². The van der Waals surface area contributed by atoms with Crippen molar-refractivity contribution in [3.05, 3.63) is 29.3 Å². The van der Waals surface area contributed by atoms with E-state index in [0.717, 1.165) is 11.3 Å². The van der Waals surface area contributed by atoms with Crippen LogP contribution in [0.15, 0.2) is 18.2 Å². The fourth-order valence-corrected chi connectivity index (χ4v) is 1.95. The third kappa shape index (κ3) is 5.48. The van der Waals surface area contributed by atoms with Crippen LogP contribution in [0.2, 0.25) is 0 Å². The Balaban J connectivity index is 2.40. The number of urea groups is 1. The van der Waals surface area contributed by atoms with Gasteiger partial charge in [-0.3, -0.25) is 0 Å². The summed E-state index contributed by atoms with van der Waals surface area (Å²) in [6, 6.07) is 5.76. The van der Waals surface area contributed by atoms with Gasteiger partial charge in [0.15, 0.2) is 0 Å². The first-order valence-electron chi connectivity index (χ1n) is 6.85. The molecule has 0 aliphatic rings. The van der Waals surface area contributed by atoms with Crippen LogP contribution in [0.25, 0.3) is 0 Å². The minimum atomic E-state index is -0.211.